The highest BCUT2D eigenvalue weighted by atomic mass is 127. The molecule has 0 fully saturated rings. The molecule has 24 heavy (non-hydrogen) atoms. The first kappa shape index (κ1) is 19.0. The first-order valence-corrected chi connectivity index (χ1v) is 9.32. The van der Waals surface area contributed by atoms with Crippen LogP contribution in [0.3, 0.4) is 0 Å². The Morgan fingerprint density at radius 3 is 2.50 bits per heavy atom. The minimum Gasteiger partial charge on any atom is -0.493 e. The van der Waals surface area contributed by atoms with Crippen LogP contribution in [-0.4, -0.2) is 34.3 Å². The van der Waals surface area contributed by atoms with Gasteiger partial charge in [0.2, 0.25) is 0 Å². The maximum atomic E-state index is 6.01. The van der Waals surface area contributed by atoms with E-state index in [9.17, 15) is 0 Å². The van der Waals surface area contributed by atoms with E-state index in [1.165, 1.54) is 10.5 Å². The standard InChI is InChI=1S/C19H25IN2O2/c1-22(2)10-9-21-13-16-11-17(20)19(18(12-16)23-3)24-14-15-7-5-4-6-8-15/h4-8,11-12,21H,9-10,13-14H2,1-3H3/p+2. The molecule has 0 spiro atoms. The summed E-state index contributed by atoms with van der Waals surface area (Å²) < 4.78 is 12.7. The highest BCUT2D eigenvalue weighted by molar-refractivity contribution is 14.1. The Labute approximate surface area is 158 Å². The summed E-state index contributed by atoms with van der Waals surface area (Å²) in [5, 5.41) is 2.34. The number of halogens is 1. The van der Waals surface area contributed by atoms with E-state index in [0.717, 1.165) is 40.3 Å². The van der Waals surface area contributed by atoms with Crippen molar-refractivity contribution in [3.05, 3.63) is 57.2 Å². The van der Waals surface area contributed by atoms with E-state index in [1.807, 2.05) is 18.2 Å². The third-order valence-corrected chi connectivity index (χ3v) is 4.55. The van der Waals surface area contributed by atoms with Gasteiger partial charge in [-0.25, -0.2) is 0 Å². The predicted octanol–water partition coefficient (Wildman–Crippen LogP) is 1.09. The summed E-state index contributed by atoms with van der Waals surface area (Å²) in [6.45, 7) is 3.78. The molecule has 0 aliphatic carbocycles. The molecule has 2 aromatic carbocycles. The fourth-order valence-corrected chi connectivity index (χ4v) is 3.24. The molecule has 0 amide bonds. The molecule has 0 radical (unpaired) electrons. The number of hydrogen-bond donors (Lipinski definition) is 2. The third kappa shape index (κ3) is 5.96. The smallest absolute Gasteiger partial charge is 0.174 e. The molecule has 3 N–H and O–H groups in total. The van der Waals surface area contributed by atoms with Gasteiger partial charge in [0.15, 0.2) is 11.5 Å². The summed E-state index contributed by atoms with van der Waals surface area (Å²) in [6.07, 6.45) is 0. The lowest BCUT2D eigenvalue weighted by Crippen LogP contribution is -3.09. The monoisotopic (exact) mass is 442 g/mol. The van der Waals surface area contributed by atoms with E-state index in [1.54, 1.807) is 7.11 Å². The summed E-state index contributed by atoms with van der Waals surface area (Å²) in [5.41, 5.74) is 2.41. The van der Waals surface area contributed by atoms with Crippen LogP contribution >= 0.6 is 22.6 Å². The van der Waals surface area contributed by atoms with E-state index >= 15 is 0 Å². The quantitative estimate of drug-likeness (QED) is 0.451. The second-order valence-electron chi connectivity index (χ2n) is 6.12. The number of likely N-dealkylation sites (N-methyl/N-ethyl adjacent to an activating group) is 1. The number of methoxy groups -OCH3 is 1. The first-order chi connectivity index (χ1) is 11.6. The van der Waals surface area contributed by atoms with Crippen molar-refractivity contribution < 1.29 is 19.7 Å². The van der Waals surface area contributed by atoms with Crippen molar-refractivity contribution in [3.8, 4) is 11.5 Å². The van der Waals surface area contributed by atoms with Gasteiger partial charge in [-0.2, -0.15) is 0 Å². The summed E-state index contributed by atoms with van der Waals surface area (Å²) in [6, 6.07) is 14.5. The molecular formula is C19H27IN2O2+2. The van der Waals surface area contributed by atoms with E-state index in [0.29, 0.717) is 6.61 Å². The van der Waals surface area contributed by atoms with Crippen LogP contribution in [0.15, 0.2) is 42.5 Å². The van der Waals surface area contributed by atoms with Crippen molar-refractivity contribution in [2.24, 2.45) is 0 Å². The minimum atomic E-state index is 0.546. The molecule has 0 atom stereocenters. The van der Waals surface area contributed by atoms with Crippen LogP contribution < -0.4 is 19.7 Å². The van der Waals surface area contributed by atoms with Gasteiger partial charge in [0.25, 0.3) is 0 Å². The number of rotatable bonds is 9. The zero-order chi connectivity index (χ0) is 17.4. The van der Waals surface area contributed by atoms with Crippen LogP contribution in [0.1, 0.15) is 11.1 Å². The van der Waals surface area contributed by atoms with Crippen molar-refractivity contribution >= 4 is 22.6 Å². The number of hydrogen-bond acceptors (Lipinski definition) is 2. The molecule has 2 aromatic rings. The van der Waals surface area contributed by atoms with Crippen LogP contribution in [0.5, 0.6) is 11.5 Å². The van der Waals surface area contributed by atoms with Gasteiger partial charge < -0.3 is 19.7 Å². The highest BCUT2D eigenvalue weighted by Gasteiger charge is 2.13. The normalized spacial score (nSPS) is 10.9. The van der Waals surface area contributed by atoms with Crippen molar-refractivity contribution in [2.75, 3.05) is 34.3 Å². The molecule has 0 unspecified atom stereocenters. The Morgan fingerprint density at radius 1 is 1.08 bits per heavy atom. The van der Waals surface area contributed by atoms with Crippen LogP contribution in [0, 0.1) is 3.57 Å². The molecule has 5 heteroatoms. The average molecular weight is 442 g/mol. The number of ether oxygens (including phenoxy) is 2. The van der Waals surface area contributed by atoms with Crippen LogP contribution in [0.25, 0.3) is 0 Å². The van der Waals surface area contributed by atoms with Gasteiger partial charge in [-0.15, -0.1) is 0 Å². The number of benzene rings is 2. The van der Waals surface area contributed by atoms with Gasteiger partial charge >= 0.3 is 0 Å². The van der Waals surface area contributed by atoms with Crippen LogP contribution in [-0.2, 0) is 13.2 Å². The van der Waals surface area contributed by atoms with Crippen LogP contribution in [0.2, 0.25) is 0 Å². The van der Waals surface area contributed by atoms with E-state index < -0.39 is 0 Å². The minimum absolute atomic E-state index is 0.546. The van der Waals surface area contributed by atoms with Gasteiger partial charge in [-0.1, -0.05) is 30.3 Å². The summed E-state index contributed by atoms with van der Waals surface area (Å²) >= 11 is 2.33. The van der Waals surface area contributed by atoms with Crippen molar-refractivity contribution in [2.45, 2.75) is 13.2 Å². The molecular weight excluding hydrogens is 415 g/mol. The van der Waals surface area contributed by atoms with E-state index in [4.69, 9.17) is 9.47 Å². The van der Waals surface area contributed by atoms with E-state index in [2.05, 4.69) is 66.3 Å². The Kier molecular flexibility index (Phi) is 7.81. The Morgan fingerprint density at radius 2 is 1.83 bits per heavy atom. The van der Waals surface area contributed by atoms with Gasteiger partial charge in [-0.3, -0.25) is 0 Å². The molecule has 0 saturated heterocycles. The van der Waals surface area contributed by atoms with E-state index in [-0.39, 0.29) is 0 Å². The summed E-state index contributed by atoms with van der Waals surface area (Å²) in [5.74, 6) is 1.63. The number of nitrogens with two attached hydrogens (primary N) is 1. The summed E-state index contributed by atoms with van der Waals surface area (Å²) in [7, 11) is 6.06. The Bertz CT molecular complexity index is 633. The zero-order valence-electron chi connectivity index (χ0n) is 14.6. The Hall–Kier alpha value is -1.31. The summed E-state index contributed by atoms with van der Waals surface area (Å²) in [4.78, 5) is 1.48. The second-order valence-corrected chi connectivity index (χ2v) is 7.28. The largest absolute Gasteiger partial charge is 0.493 e. The van der Waals surface area contributed by atoms with Crippen molar-refractivity contribution in [1.29, 1.82) is 0 Å². The lowest BCUT2D eigenvalue weighted by atomic mass is 10.2. The van der Waals surface area contributed by atoms with Gasteiger partial charge in [0, 0.05) is 5.56 Å². The van der Waals surface area contributed by atoms with Crippen molar-refractivity contribution in [1.82, 2.24) is 0 Å². The Balaban J connectivity index is 2.01. The van der Waals surface area contributed by atoms with Gasteiger partial charge in [0.1, 0.15) is 26.2 Å². The lowest BCUT2D eigenvalue weighted by molar-refractivity contribution is -0.875. The fraction of sp³-hybridized carbons (Fsp3) is 0.368. The molecule has 4 nitrogen and oxygen atoms in total. The first-order valence-electron chi connectivity index (χ1n) is 8.24. The molecule has 0 aliphatic rings. The topological polar surface area (TPSA) is 39.5 Å². The fourth-order valence-electron chi connectivity index (χ4n) is 2.42. The SMILES string of the molecule is COc1cc(C[NH2+]CC[NH+](C)C)cc(I)c1OCc1ccccc1. The molecule has 0 aliphatic heterocycles. The number of quaternary nitrogens is 2. The highest BCUT2D eigenvalue weighted by Crippen LogP contribution is 2.34. The average Bonchev–Trinajstić information content (AvgIpc) is 2.58. The predicted molar refractivity (Wildman–Crippen MR) is 105 cm³/mol. The molecule has 0 saturated carbocycles. The zero-order valence-corrected chi connectivity index (χ0v) is 16.8. The second kappa shape index (κ2) is 9.86. The van der Waals surface area contributed by atoms with Gasteiger partial charge in [-0.05, 0) is 40.3 Å². The molecule has 2 rings (SSSR count). The maximum Gasteiger partial charge on any atom is 0.174 e. The number of nitrogens with one attached hydrogen (secondary N) is 1. The van der Waals surface area contributed by atoms with Gasteiger partial charge in [0.05, 0.1) is 24.8 Å². The third-order valence-electron chi connectivity index (χ3n) is 3.74. The van der Waals surface area contributed by atoms with Crippen LogP contribution in [0.4, 0.5) is 0 Å². The van der Waals surface area contributed by atoms with Crippen molar-refractivity contribution in [3.63, 3.8) is 0 Å². The molecule has 0 aromatic heterocycles. The maximum absolute atomic E-state index is 6.01. The molecule has 130 valence electrons. The molecule has 0 bridgehead atoms. The molecule has 0 heterocycles. The lowest BCUT2D eigenvalue weighted by Gasteiger charge is -2.14.